The summed E-state index contributed by atoms with van der Waals surface area (Å²) in [6, 6.07) is 14.0. The maximum Gasteiger partial charge on any atom is 0.335 e. The van der Waals surface area contributed by atoms with Crippen LogP contribution in [-0.2, 0) is 11.2 Å². The van der Waals surface area contributed by atoms with E-state index in [1.807, 2.05) is 38.1 Å². The lowest BCUT2D eigenvalue weighted by atomic mass is 10.1. The minimum Gasteiger partial charge on any atom is -0.489 e. The normalized spacial score (nSPS) is 11.6. The molecule has 2 aromatic carbocycles. The molecule has 0 bridgehead atoms. The van der Waals surface area contributed by atoms with Gasteiger partial charge >= 0.3 is 5.97 Å². The van der Waals surface area contributed by atoms with E-state index in [9.17, 15) is 9.59 Å². The summed E-state index contributed by atoms with van der Waals surface area (Å²) in [5.74, 6) is -0.336. The van der Waals surface area contributed by atoms with E-state index >= 15 is 0 Å². The summed E-state index contributed by atoms with van der Waals surface area (Å²) in [4.78, 5) is 22.7. The molecular weight excluding hydrogens is 306 g/mol. The Bertz CT molecular complexity index is 692. The second-order valence-corrected chi connectivity index (χ2v) is 5.72. The van der Waals surface area contributed by atoms with Crippen LogP contribution >= 0.6 is 0 Å². The van der Waals surface area contributed by atoms with Gasteiger partial charge in [-0.3, -0.25) is 4.79 Å². The summed E-state index contributed by atoms with van der Waals surface area (Å²) in [5.41, 5.74) is 2.14. The number of hydrogen-bond donors (Lipinski definition) is 2. The van der Waals surface area contributed by atoms with E-state index < -0.39 is 5.97 Å². The summed E-state index contributed by atoms with van der Waals surface area (Å²) in [7, 11) is 0. The molecule has 24 heavy (non-hydrogen) atoms. The van der Waals surface area contributed by atoms with Crippen LogP contribution in [0.25, 0.3) is 0 Å². The van der Waals surface area contributed by atoms with E-state index in [2.05, 4.69) is 5.32 Å². The molecule has 0 aliphatic carbocycles. The molecule has 0 aromatic heterocycles. The highest BCUT2D eigenvalue weighted by atomic mass is 16.5. The van der Waals surface area contributed by atoms with Crippen LogP contribution in [0.3, 0.4) is 0 Å². The number of carbonyl (C=O) groups excluding carboxylic acids is 1. The van der Waals surface area contributed by atoms with Crippen LogP contribution in [-0.4, -0.2) is 29.6 Å². The fourth-order valence-corrected chi connectivity index (χ4v) is 2.16. The van der Waals surface area contributed by atoms with Gasteiger partial charge in [0.05, 0.1) is 18.5 Å². The van der Waals surface area contributed by atoms with Crippen molar-refractivity contribution in [2.75, 3.05) is 6.54 Å². The van der Waals surface area contributed by atoms with Crippen LogP contribution in [0, 0.1) is 6.92 Å². The third-order valence-corrected chi connectivity index (χ3v) is 3.51. The molecule has 0 fully saturated rings. The van der Waals surface area contributed by atoms with Crippen LogP contribution in [0.5, 0.6) is 5.75 Å². The van der Waals surface area contributed by atoms with Gasteiger partial charge in [-0.15, -0.1) is 0 Å². The van der Waals surface area contributed by atoms with Gasteiger partial charge in [0, 0.05) is 0 Å². The molecule has 1 unspecified atom stereocenters. The molecule has 2 aromatic rings. The third-order valence-electron chi connectivity index (χ3n) is 3.51. The lowest BCUT2D eigenvalue weighted by molar-refractivity contribution is -0.120. The number of rotatable bonds is 7. The molecule has 0 spiro atoms. The molecule has 0 aliphatic rings. The summed E-state index contributed by atoms with van der Waals surface area (Å²) in [6.45, 7) is 4.30. The van der Waals surface area contributed by atoms with Crippen molar-refractivity contribution in [1.29, 1.82) is 0 Å². The fourth-order valence-electron chi connectivity index (χ4n) is 2.16. The maximum atomic E-state index is 11.9. The SMILES string of the molecule is Cc1ccc(OC(C)CNC(=O)Cc2ccc(C(=O)O)cc2)cc1. The van der Waals surface area contributed by atoms with Gasteiger partial charge in [0.15, 0.2) is 0 Å². The number of carboxylic acids is 1. The van der Waals surface area contributed by atoms with Crippen LogP contribution in [0.4, 0.5) is 0 Å². The largest absolute Gasteiger partial charge is 0.489 e. The van der Waals surface area contributed by atoms with E-state index in [1.165, 1.54) is 12.1 Å². The minimum atomic E-state index is -0.979. The Labute approximate surface area is 141 Å². The van der Waals surface area contributed by atoms with E-state index in [0.29, 0.717) is 6.54 Å². The van der Waals surface area contributed by atoms with Gasteiger partial charge in [-0.25, -0.2) is 4.79 Å². The minimum absolute atomic E-state index is 0.127. The van der Waals surface area contributed by atoms with Crippen molar-refractivity contribution < 1.29 is 19.4 Å². The van der Waals surface area contributed by atoms with Gasteiger partial charge in [0.1, 0.15) is 11.9 Å². The predicted octanol–water partition coefficient (Wildman–Crippen LogP) is 2.82. The third kappa shape index (κ3) is 5.43. The molecule has 0 aliphatic heterocycles. The van der Waals surface area contributed by atoms with Crippen molar-refractivity contribution in [2.24, 2.45) is 0 Å². The van der Waals surface area contributed by atoms with Crippen LogP contribution in [0.1, 0.15) is 28.4 Å². The first-order valence-electron chi connectivity index (χ1n) is 7.76. The molecule has 1 atom stereocenters. The average Bonchev–Trinajstić information content (AvgIpc) is 2.55. The Kier molecular flexibility index (Phi) is 5.95. The van der Waals surface area contributed by atoms with Crippen molar-refractivity contribution in [3.63, 3.8) is 0 Å². The Hall–Kier alpha value is -2.82. The van der Waals surface area contributed by atoms with Crippen molar-refractivity contribution in [2.45, 2.75) is 26.4 Å². The van der Waals surface area contributed by atoms with E-state index in [-0.39, 0.29) is 24.0 Å². The lowest BCUT2D eigenvalue weighted by Gasteiger charge is -2.15. The highest BCUT2D eigenvalue weighted by Crippen LogP contribution is 2.13. The van der Waals surface area contributed by atoms with E-state index in [4.69, 9.17) is 9.84 Å². The van der Waals surface area contributed by atoms with E-state index in [0.717, 1.165) is 16.9 Å². The van der Waals surface area contributed by atoms with Gasteiger partial charge in [0.25, 0.3) is 0 Å². The van der Waals surface area contributed by atoms with Crippen LogP contribution < -0.4 is 10.1 Å². The molecule has 2 N–H and O–H groups in total. The number of carboxylic acid groups (broad SMARTS) is 1. The van der Waals surface area contributed by atoms with Gasteiger partial charge in [-0.05, 0) is 43.7 Å². The van der Waals surface area contributed by atoms with Gasteiger partial charge < -0.3 is 15.2 Å². The average molecular weight is 327 g/mol. The summed E-state index contributed by atoms with van der Waals surface area (Å²) < 4.78 is 5.73. The maximum absolute atomic E-state index is 11.9. The molecule has 0 saturated carbocycles. The molecule has 5 nitrogen and oxygen atoms in total. The smallest absolute Gasteiger partial charge is 0.335 e. The summed E-state index contributed by atoms with van der Waals surface area (Å²) >= 11 is 0. The Morgan fingerprint density at radius 2 is 1.71 bits per heavy atom. The Balaban J connectivity index is 1.77. The molecule has 1 amide bonds. The number of aryl methyl sites for hydroxylation is 1. The zero-order valence-corrected chi connectivity index (χ0v) is 13.8. The van der Waals surface area contributed by atoms with Crippen LogP contribution in [0.15, 0.2) is 48.5 Å². The fraction of sp³-hybridized carbons (Fsp3) is 0.263. The van der Waals surface area contributed by atoms with Crippen molar-refractivity contribution >= 4 is 11.9 Å². The predicted molar refractivity (Wildman–Crippen MR) is 91.4 cm³/mol. The summed E-state index contributed by atoms with van der Waals surface area (Å²) in [6.07, 6.45) is 0.0583. The van der Waals surface area contributed by atoms with Crippen LogP contribution in [0.2, 0.25) is 0 Å². The van der Waals surface area contributed by atoms with E-state index in [1.54, 1.807) is 12.1 Å². The molecule has 0 radical (unpaired) electrons. The van der Waals surface area contributed by atoms with Crippen molar-refractivity contribution in [1.82, 2.24) is 5.32 Å². The first kappa shape index (κ1) is 17.5. The second kappa shape index (κ2) is 8.15. The standard InChI is InChI=1S/C19H21NO4/c1-13-3-9-17(10-4-13)24-14(2)12-20-18(21)11-15-5-7-16(8-6-15)19(22)23/h3-10,14H,11-12H2,1-2H3,(H,20,21)(H,22,23). The molecule has 126 valence electrons. The number of amides is 1. The monoisotopic (exact) mass is 327 g/mol. The van der Waals surface area contributed by atoms with Crippen molar-refractivity contribution in [3.05, 3.63) is 65.2 Å². The summed E-state index contributed by atoms with van der Waals surface area (Å²) in [5, 5.41) is 11.7. The number of benzene rings is 2. The molecule has 5 heteroatoms. The zero-order valence-electron chi connectivity index (χ0n) is 13.8. The van der Waals surface area contributed by atoms with Crippen molar-refractivity contribution in [3.8, 4) is 5.75 Å². The Morgan fingerprint density at radius 1 is 1.08 bits per heavy atom. The zero-order chi connectivity index (χ0) is 17.5. The first-order valence-corrected chi connectivity index (χ1v) is 7.76. The number of carbonyl (C=O) groups is 2. The van der Waals surface area contributed by atoms with Gasteiger partial charge in [-0.1, -0.05) is 29.8 Å². The molecule has 0 heterocycles. The molecular formula is C19H21NO4. The second-order valence-electron chi connectivity index (χ2n) is 5.72. The highest BCUT2D eigenvalue weighted by Gasteiger charge is 2.09. The number of hydrogen-bond acceptors (Lipinski definition) is 3. The Morgan fingerprint density at radius 3 is 2.29 bits per heavy atom. The number of ether oxygens (including phenoxy) is 1. The lowest BCUT2D eigenvalue weighted by Crippen LogP contribution is -2.34. The number of aromatic carboxylic acids is 1. The quantitative estimate of drug-likeness (QED) is 0.820. The topological polar surface area (TPSA) is 75.6 Å². The molecule has 0 saturated heterocycles. The highest BCUT2D eigenvalue weighted by molar-refractivity contribution is 5.87. The number of nitrogens with one attached hydrogen (secondary N) is 1. The first-order chi connectivity index (χ1) is 11.4. The van der Waals surface area contributed by atoms with Gasteiger partial charge in [0.2, 0.25) is 5.91 Å². The van der Waals surface area contributed by atoms with Gasteiger partial charge in [-0.2, -0.15) is 0 Å². The molecule has 2 rings (SSSR count).